The molecule has 0 radical (unpaired) electrons. The molecule has 420 valence electrons. The number of esters is 4. The number of carbonyl (C=O) groups excluding carboxylic acids is 4. The van der Waals surface area contributed by atoms with Gasteiger partial charge < -0.3 is 33.8 Å². The number of phosphoric ester groups is 2. The van der Waals surface area contributed by atoms with Crippen LogP contribution in [0.1, 0.15) is 247 Å². The zero-order valence-electron chi connectivity index (χ0n) is 44.8. The topological polar surface area (TPSA) is 237 Å². The molecule has 0 aliphatic carbocycles. The van der Waals surface area contributed by atoms with E-state index >= 15 is 0 Å². The summed E-state index contributed by atoms with van der Waals surface area (Å²) in [5.74, 6) is -1.40. The quantitative estimate of drug-likeness (QED) is 0.0222. The van der Waals surface area contributed by atoms with Gasteiger partial charge in [0.25, 0.3) is 0 Å². The van der Waals surface area contributed by atoms with Crippen LogP contribution in [-0.4, -0.2) is 96.7 Å². The fourth-order valence-corrected chi connectivity index (χ4v) is 9.01. The molecule has 3 unspecified atom stereocenters. The standard InChI is InChI=1S/C52H100O17P2/c1-6-10-13-16-20-26-31-36-50(55)63-42-48(69-52(57)38-33-28-23-19-18-22-25-29-34-45(5)9-4)44-67-71(60,61)65-40-46(53)39-64-70(58,59)66-43-47(41-62-49(54)35-30-24-15-12-8-3)68-51(56)37-32-27-21-17-14-11-7-2/h45-48,53H,6-44H2,1-5H3,(H,58,59)(H,60,61)/t45?,46-,47+,48+/m0/s1. The van der Waals surface area contributed by atoms with E-state index in [2.05, 4.69) is 34.6 Å². The molecule has 0 aromatic rings. The van der Waals surface area contributed by atoms with Crippen molar-refractivity contribution in [3.63, 3.8) is 0 Å². The number of ether oxygens (including phenoxy) is 4. The molecule has 0 heterocycles. The lowest BCUT2D eigenvalue weighted by Gasteiger charge is -2.21. The third-order valence-corrected chi connectivity index (χ3v) is 14.0. The molecule has 0 bridgehead atoms. The summed E-state index contributed by atoms with van der Waals surface area (Å²) in [6.45, 7) is 6.92. The minimum absolute atomic E-state index is 0.102. The number of aliphatic hydroxyl groups is 1. The maximum Gasteiger partial charge on any atom is 0.472 e. The molecule has 0 saturated carbocycles. The first-order valence-corrected chi connectivity index (χ1v) is 30.7. The lowest BCUT2D eigenvalue weighted by molar-refractivity contribution is -0.161. The van der Waals surface area contributed by atoms with Crippen molar-refractivity contribution < 1.29 is 80.2 Å². The van der Waals surface area contributed by atoms with Crippen LogP contribution in [0.3, 0.4) is 0 Å². The van der Waals surface area contributed by atoms with E-state index in [1.165, 1.54) is 38.5 Å². The first-order valence-electron chi connectivity index (χ1n) is 27.7. The van der Waals surface area contributed by atoms with Crippen molar-refractivity contribution >= 4 is 39.5 Å². The Morgan fingerprint density at radius 3 is 1.00 bits per heavy atom. The second-order valence-electron chi connectivity index (χ2n) is 19.2. The molecule has 71 heavy (non-hydrogen) atoms. The van der Waals surface area contributed by atoms with Crippen LogP contribution in [0, 0.1) is 5.92 Å². The Balaban J connectivity index is 5.16. The third-order valence-electron chi connectivity index (χ3n) is 12.1. The van der Waals surface area contributed by atoms with E-state index in [0.29, 0.717) is 25.7 Å². The highest BCUT2D eigenvalue weighted by atomic mass is 31.2. The largest absolute Gasteiger partial charge is 0.472 e. The highest BCUT2D eigenvalue weighted by molar-refractivity contribution is 7.47. The van der Waals surface area contributed by atoms with E-state index in [1.807, 2.05) is 0 Å². The first kappa shape index (κ1) is 69.1. The molecule has 17 nitrogen and oxygen atoms in total. The molecule has 0 fully saturated rings. The van der Waals surface area contributed by atoms with Gasteiger partial charge in [-0.1, -0.05) is 195 Å². The Bertz CT molecular complexity index is 1420. The van der Waals surface area contributed by atoms with Gasteiger partial charge in [0.1, 0.15) is 19.3 Å². The number of hydrogen-bond acceptors (Lipinski definition) is 15. The summed E-state index contributed by atoms with van der Waals surface area (Å²) in [6.07, 6.45) is 25.8. The van der Waals surface area contributed by atoms with E-state index in [-0.39, 0.29) is 25.7 Å². The van der Waals surface area contributed by atoms with Crippen molar-refractivity contribution in [1.82, 2.24) is 0 Å². The van der Waals surface area contributed by atoms with Crippen LogP contribution in [0.4, 0.5) is 0 Å². The fourth-order valence-electron chi connectivity index (χ4n) is 7.43. The van der Waals surface area contributed by atoms with Crippen molar-refractivity contribution in [2.24, 2.45) is 5.92 Å². The van der Waals surface area contributed by atoms with Crippen molar-refractivity contribution in [2.75, 3.05) is 39.6 Å². The maximum atomic E-state index is 12.8. The lowest BCUT2D eigenvalue weighted by Crippen LogP contribution is -2.30. The number of unbranched alkanes of at least 4 members (excludes halogenated alkanes) is 23. The highest BCUT2D eigenvalue weighted by Gasteiger charge is 2.30. The van der Waals surface area contributed by atoms with E-state index < -0.39 is 97.5 Å². The average molecular weight is 1060 g/mol. The summed E-state index contributed by atoms with van der Waals surface area (Å²) < 4.78 is 67.1. The van der Waals surface area contributed by atoms with Crippen molar-refractivity contribution in [2.45, 2.75) is 265 Å². The maximum absolute atomic E-state index is 12.8. The van der Waals surface area contributed by atoms with E-state index in [0.717, 1.165) is 128 Å². The third kappa shape index (κ3) is 46.3. The number of phosphoric acid groups is 2. The van der Waals surface area contributed by atoms with Gasteiger partial charge in [0.15, 0.2) is 12.2 Å². The normalized spacial score (nSPS) is 15.0. The Morgan fingerprint density at radius 1 is 0.394 bits per heavy atom. The molecule has 0 aromatic carbocycles. The first-order chi connectivity index (χ1) is 34.1. The van der Waals surface area contributed by atoms with E-state index in [4.69, 9.17) is 37.0 Å². The second kappa shape index (κ2) is 46.6. The molecular weight excluding hydrogens is 959 g/mol. The summed E-state index contributed by atoms with van der Waals surface area (Å²) >= 11 is 0. The molecule has 0 saturated heterocycles. The highest BCUT2D eigenvalue weighted by Crippen LogP contribution is 2.45. The average Bonchev–Trinajstić information content (AvgIpc) is 3.34. The Labute approximate surface area is 428 Å². The summed E-state index contributed by atoms with van der Waals surface area (Å²) in [4.78, 5) is 71.1. The molecule has 19 heteroatoms. The molecule has 0 aromatic heterocycles. The fraction of sp³-hybridized carbons (Fsp3) is 0.923. The zero-order valence-corrected chi connectivity index (χ0v) is 46.6. The van der Waals surface area contributed by atoms with Crippen LogP contribution in [0.15, 0.2) is 0 Å². The van der Waals surface area contributed by atoms with Crippen LogP contribution in [-0.2, 0) is 65.4 Å². The minimum Gasteiger partial charge on any atom is -0.462 e. The SMILES string of the molecule is CCCCCCCCCC(=O)OC[C@H](COP(=O)(O)OC[C@@H](O)COP(=O)(O)OC[C@@H](COC(=O)CCCCCCC)OC(=O)CCCCCCCCC)OC(=O)CCCCCCCCCCC(C)CC. The molecule has 0 aliphatic heterocycles. The van der Waals surface area contributed by atoms with Crippen LogP contribution < -0.4 is 0 Å². The molecule has 6 atom stereocenters. The van der Waals surface area contributed by atoms with Gasteiger partial charge in [-0.15, -0.1) is 0 Å². The smallest absolute Gasteiger partial charge is 0.462 e. The number of aliphatic hydroxyl groups excluding tert-OH is 1. The van der Waals surface area contributed by atoms with Gasteiger partial charge in [0.2, 0.25) is 0 Å². The van der Waals surface area contributed by atoms with Gasteiger partial charge in [-0.2, -0.15) is 0 Å². The van der Waals surface area contributed by atoms with Crippen molar-refractivity contribution in [3.8, 4) is 0 Å². The van der Waals surface area contributed by atoms with Crippen molar-refractivity contribution in [3.05, 3.63) is 0 Å². The van der Waals surface area contributed by atoms with Crippen LogP contribution in [0.25, 0.3) is 0 Å². The zero-order chi connectivity index (χ0) is 52.9. The Morgan fingerprint density at radius 2 is 0.676 bits per heavy atom. The summed E-state index contributed by atoms with van der Waals surface area (Å²) in [6, 6.07) is 0. The Kier molecular flexibility index (Phi) is 45.3. The summed E-state index contributed by atoms with van der Waals surface area (Å²) in [7, 11) is -9.84. The Hall–Kier alpha value is -1.94. The number of hydrogen-bond donors (Lipinski definition) is 3. The van der Waals surface area contributed by atoms with Gasteiger partial charge in [0.05, 0.1) is 26.4 Å². The second-order valence-corrected chi connectivity index (χ2v) is 22.1. The molecule has 0 amide bonds. The molecule has 0 aliphatic rings. The summed E-state index contributed by atoms with van der Waals surface area (Å²) in [5, 5.41) is 10.4. The molecule has 3 N–H and O–H groups in total. The lowest BCUT2D eigenvalue weighted by atomic mass is 9.99. The van der Waals surface area contributed by atoms with Gasteiger partial charge >= 0.3 is 39.5 Å². The van der Waals surface area contributed by atoms with Crippen LogP contribution >= 0.6 is 15.6 Å². The number of carbonyl (C=O) groups is 4. The van der Waals surface area contributed by atoms with Gasteiger partial charge in [-0.3, -0.25) is 37.3 Å². The molecular formula is C52H100O17P2. The predicted molar refractivity (Wildman–Crippen MR) is 275 cm³/mol. The summed E-state index contributed by atoms with van der Waals surface area (Å²) in [5.41, 5.74) is 0. The number of rotatable bonds is 52. The minimum atomic E-state index is -4.93. The predicted octanol–water partition coefficient (Wildman–Crippen LogP) is 13.1. The van der Waals surface area contributed by atoms with Gasteiger partial charge in [0, 0.05) is 25.7 Å². The van der Waals surface area contributed by atoms with E-state index in [9.17, 15) is 43.2 Å². The van der Waals surface area contributed by atoms with Gasteiger partial charge in [-0.25, -0.2) is 9.13 Å². The van der Waals surface area contributed by atoms with Gasteiger partial charge in [-0.05, 0) is 31.6 Å². The molecule has 0 spiro atoms. The van der Waals surface area contributed by atoms with Crippen LogP contribution in [0.5, 0.6) is 0 Å². The molecule has 0 rings (SSSR count). The van der Waals surface area contributed by atoms with Crippen LogP contribution in [0.2, 0.25) is 0 Å². The van der Waals surface area contributed by atoms with E-state index in [1.54, 1.807) is 0 Å². The monoisotopic (exact) mass is 1060 g/mol. The van der Waals surface area contributed by atoms with Crippen molar-refractivity contribution in [1.29, 1.82) is 0 Å².